The number of halogens is 1. The van der Waals surface area contributed by atoms with E-state index in [2.05, 4.69) is 15.9 Å². The lowest BCUT2D eigenvalue weighted by molar-refractivity contribution is -0.113. The Morgan fingerprint density at radius 2 is 1.95 bits per heavy atom. The molecule has 1 aliphatic rings. The van der Waals surface area contributed by atoms with Crippen molar-refractivity contribution in [3.8, 4) is 0 Å². The summed E-state index contributed by atoms with van der Waals surface area (Å²) < 4.78 is 27.9. The van der Waals surface area contributed by atoms with Crippen LogP contribution in [0.5, 0.6) is 0 Å². The van der Waals surface area contributed by atoms with Gasteiger partial charge in [-0.15, -0.1) is 0 Å². The second-order valence-electron chi connectivity index (χ2n) is 5.39. The molecule has 1 aliphatic heterocycles. The summed E-state index contributed by atoms with van der Waals surface area (Å²) in [6.45, 7) is 4.27. The highest BCUT2D eigenvalue weighted by Gasteiger charge is 2.38. The third-order valence-corrected chi connectivity index (χ3v) is 6.63. The molecule has 1 atom stereocenters. The van der Waals surface area contributed by atoms with Crippen molar-refractivity contribution in [3.63, 3.8) is 0 Å². The van der Waals surface area contributed by atoms with E-state index in [0.717, 1.165) is 4.47 Å². The third kappa shape index (κ3) is 3.88. The van der Waals surface area contributed by atoms with E-state index in [1.165, 1.54) is 16.1 Å². The maximum atomic E-state index is 12.9. The van der Waals surface area contributed by atoms with Gasteiger partial charge < -0.3 is 0 Å². The lowest BCUT2D eigenvalue weighted by Gasteiger charge is -2.28. The number of rotatable bonds is 5. The molecule has 0 saturated carbocycles. The van der Waals surface area contributed by atoms with E-state index in [-0.39, 0.29) is 15.9 Å². The Hall–Kier alpha value is -0.370. The number of benzene rings is 1. The van der Waals surface area contributed by atoms with Crippen molar-refractivity contribution in [1.82, 2.24) is 4.31 Å². The van der Waals surface area contributed by atoms with E-state index in [1.807, 2.05) is 13.8 Å². The van der Waals surface area contributed by atoms with Crippen molar-refractivity contribution in [2.75, 3.05) is 12.3 Å². The Morgan fingerprint density at radius 3 is 2.43 bits per heavy atom. The molecular weight excluding hydrogens is 374 g/mol. The smallest absolute Gasteiger partial charge is 0.243 e. The highest BCUT2D eigenvalue weighted by atomic mass is 79.9. The average Bonchev–Trinajstić information content (AvgIpc) is 2.82. The molecule has 1 aromatic carbocycles. The predicted octanol–water partition coefficient (Wildman–Crippen LogP) is 3.13. The Kier molecular flexibility index (Phi) is 5.51. The molecule has 1 unspecified atom stereocenters. The molecule has 1 saturated heterocycles. The minimum absolute atomic E-state index is 0.0451. The van der Waals surface area contributed by atoms with Gasteiger partial charge in [0.25, 0.3) is 0 Å². The van der Waals surface area contributed by atoms with Crippen molar-refractivity contribution in [2.24, 2.45) is 5.92 Å². The number of hydrogen-bond donors (Lipinski definition) is 0. The molecule has 7 heteroatoms. The first kappa shape index (κ1) is 17.0. The van der Waals surface area contributed by atoms with Gasteiger partial charge in [-0.25, -0.2) is 8.42 Å². The Labute approximate surface area is 138 Å². The second kappa shape index (κ2) is 6.81. The lowest BCUT2D eigenvalue weighted by Crippen LogP contribution is -2.44. The molecule has 0 radical (unpaired) electrons. The summed E-state index contributed by atoms with van der Waals surface area (Å²) in [5, 5.41) is -0.0451. The normalized spacial score (nSPS) is 19.7. The number of carbonyl (C=O) groups is 1. The predicted molar refractivity (Wildman–Crippen MR) is 88.7 cm³/mol. The standard InChI is InChI=1S/C14H18BrNO3S2/c1-10(2)9-16(13-7-8-20-14(13)17)21(18,19)12-5-3-11(15)4-6-12/h3-6,10,13H,7-9H2,1-2H3. The van der Waals surface area contributed by atoms with Gasteiger partial charge in [-0.1, -0.05) is 41.5 Å². The molecule has 1 fully saturated rings. The van der Waals surface area contributed by atoms with Crippen LogP contribution in [0, 0.1) is 5.92 Å². The van der Waals surface area contributed by atoms with Crippen LogP contribution < -0.4 is 0 Å². The van der Waals surface area contributed by atoms with E-state index in [9.17, 15) is 13.2 Å². The van der Waals surface area contributed by atoms with Gasteiger partial charge in [-0.3, -0.25) is 4.79 Å². The third-order valence-electron chi connectivity index (χ3n) is 3.22. The SMILES string of the molecule is CC(C)CN(C1CCSC1=O)S(=O)(=O)c1ccc(Br)cc1. The van der Waals surface area contributed by atoms with Gasteiger partial charge in [0.15, 0.2) is 0 Å². The van der Waals surface area contributed by atoms with E-state index < -0.39 is 16.1 Å². The monoisotopic (exact) mass is 391 g/mol. The number of nitrogens with zero attached hydrogens (tertiary/aromatic N) is 1. The molecule has 1 aromatic rings. The maximum absolute atomic E-state index is 12.9. The summed E-state index contributed by atoms with van der Waals surface area (Å²) in [6.07, 6.45) is 0.589. The van der Waals surface area contributed by atoms with Crippen LogP contribution in [-0.4, -0.2) is 36.2 Å². The number of hydrogen-bond acceptors (Lipinski definition) is 4. The molecule has 0 aromatic heterocycles. The molecule has 0 aliphatic carbocycles. The van der Waals surface area contributed by atoms with Gasteiger partial charge >= 0.3 is 0 Å². The Bertz CT molecular complexity index is 614. The first-order chi connectivity index (χ1) is 9.82. The molecule has 0 amide bonds. The van der Waals surface area contributed by atoms with Crippen molar-refractivity contribution in [3.05, 3.63) is 28.7 Å². The summed E-state index contributed by atoms with van der Waals surface area (Å²) in [5.74, 6) is 0.849. The highest BCUT2D eigenvalue weighted by molar-refractivity contribution is 9.10. The summed E-state index contributed by atoms with van der Waals surface area (Å²) in [4.78, 5) is 12.2. The summed E-state index contributed by atoms with van der Waals surface area (Å²) >= 11 is 4.52. The van der Waals surface area contributed by atoms with Crippen molar-refractivity contribution in [2.45, 2.75) is 31.2 Å². The summed E-state index contributed by atoms with van der Waals surface area (Å²) in [5.41, 5.74) is 0. The zero-order chi connectivity index (χ0) is 15.6. The number of sulfonamides is 1. The molecule has 1 heterocycles. The van der Waals surface area contributed by atoms with Gasteiger partial charge in [0, 0.05) is 16.8 Å². The maximum Gasteiger partial charge on any atom is 0.243 e. The molecule has 4 nitrogen and oxygen atoms in total. The number of carbonyl (C=O) groups excluding carboxylic acids is 1. The fourth-order valence-electron chi connectivity index (χ4n) is 2.24. The molecule has 2 rings (SSSR count). The summed E-state index contributed by atoms with van der Waals surface area (Å²) in [6, 6.07) is 6.00. The van der Waals surface area contributed by atoms with Crippen molar-refractivity contribution >= 4 is 42.8 Å². The molecule has 0 bridgehead atoms. The average molecular weight is 392 g/mol. The van der Waals surface area contributed by atoms with Crippen molar-refractivity contribution < 1.29 is 13.2 Å². The van der Waals surface area contributed by atoms with Crippen LogP contribution in [-0.2, 0) is 14.8 Å². The minimum atomic E-state index is -3.65. The molecule has 0 N–H and O–H groups in total. The molecule has 0 spiro atoms. The van der Waals surface area contributed by atoms with Gasteiger partial charge in [-0.05, 0) is 36.6 Å². The highest BCUT2D eigenvalue weighted by Crippen LogP contribution is 2.30. The van der Waals surface area contributed by atoms with Crippen LogP contribution in [0.3, 0.4) is 0 Å². The van der Waals surface area contributed by atoms with Crippen LogP contribution >= 0.6 is 27.7 Å². The zero-order valence-electron chi connectivity index (χ0n) is 12.0. The molecular formula is C14H18BrNO3S2. The quantitative estimate of drug-likeness (QED) is 0.773. The second-order valence-corrected chi connectivity index (χ2v) is 9.30. The topological polar surface area (TPSA) is 54.5 Å². The zero-order valence-corrected chi connectivity index (χ0v) is 15.2. The Balaban J connectivity index is 2.39. The van der Waals surface area contributed by atoms with E-state index in [1.54, 1.807) is 24.3 Å². The van der Waals surface area contributed by atoms with Gasteiger partial charge in [0.2, 0.25) is 15.1 Å². The van der Waals surface area contributed by atoms with Gasteiger partial charge in [0.05, 0.1) is 10.9 Å². The van der Waals surface area contributed by atoms with E-state index in [4.69, 9.17) is 0 Å². The first-order valence-electron chi connectivity index (χ1n) is 6.76. The lowest BCUT2D eigenvalue weighted by atomic mass is 10.2. The largest absolute Gasteiger partial charge is 0.285 e. The minimum Gasteiger partial charge on any atom is -0.285 e. The van der Waals surface area contributed by atoms with Crippen LogP contribution in [0.15, 0.2) is 33.6 Å². The van der Waals surface area contributed by atoms with E-state index in [0.29, 0.717) is 18.7 Å². The van der Waals surface area contributed by atoms with Crippen LogP contribution in [0.1, 0.15) is 20.3 Å². The van der Waals surface area contributed by atoms with Crippen LogP contribution in [0.4, 0.5) is 0 Å². The van der Waals surface area contributed by atoms with Crippen LogP contribution in [0.2, 0.25) is 0 Å². The van der Waals surface area contributed by atoms with Gasteiger partial charge in [-0.2, -0.15) is 4.31 Å². The summed E-state index contributed by atoms with van der Waals surface area (Å²) in [7, 11) is -3.65. The van der Waals surface area contributed by atoms with Crippen molar-refractivity contribution in [1.29, 1.82) is 0 Å². The number of thioether (sulfide) groups is 1. The fraction of sp³-hybridized carbons (Fsp3) is 0.500. The molecule has 116 valence electrons. The van der Waals surface area contributed by atoms with Gasteiger partial charge in [0.1, 0.15) is 0 Å². The first-order valence-corrected chi connectivity index (χ1v) is 9.98. The van der Waals surface area contributed by atoms with Crippen LogP contribution in [0.25, 0.3) is 0 Å². The Morgan fingerprint density at radius 1 is 1.33 bits per heavy atom. The van der Waals surface area contributed by atoms with E-state index >= 15 is 0 Å². The fourth-order valence-corrected chi connectivity index (χ4v) is 5.33. The molecule has 21 heavy (non-hydrogen) atoms.